The van der Waals surface area contributed by atoms with Gasteiger partial charge in [-0.3, -0.25) is 19.3 Å². The van der Waals surface area contributed by atoms with Gasteiger partial charge < -0.3 is 25.6 Å². The molecule has 1 saturated heterocycles. The quantitative estimate of drug-likeness (QED) is 0.416. The van der Waals surface area contributed by atoms with Crippen LogP contribution >= 0.6 is 0 Å². The van der Waals surface area contributed by atoms with Gasteiger partial charge in [-0.05, 0) is 56.6 Å². The summed E-state index contributed by atoms with van der Waals surface area (Å²) in [5.74, 6) is -1.25. The summed E-state index contributed by atoms with van der Waals surface area (Å²) in [6, 6.07) is 3.75. The SMILES string of the molecule is CCCNC(=O)[C@@]12C[C@H]1C=CCCCCC[C@H](NC1CCC1)C(=O)N1C[C@H](OC(=O)N3Cc4cccc(F)c4C3)C[C@H]1C(=O)N2. The molecule has 3 aliphatic heterocycles. The van der Waals surface area contributed by atoms with Gasteiger partial charge in [-0.1, -0.05) is 50.5 Å². The molecule has 4 amide bonds. The number of nitrogens with zero attached hydrogens (tertiary/aromatic N) is 2. The lowest BCUT2D eigenvalue weighted by Crippen LogP contribution is -2.58. The molecule has 11 heteroatoms. The Balaban J connectivity index is 1.22. The fraction of sp³-hybridized carbons (Fsp3) is 0.647. The molecule has 6 rings (SSSR count). The summed E-state index contributed by atoms with van der Waals surface area (Å²) < 4.78 is 20.2. The number of hydrogen-bond acceptors (Lipinski definition) is 6. The summed E-state index contributed by atoms with van der Waals surface area (Å²) >= 11 is 0. The third-order valence-electron chi connectivity index (χ3n) is 10.2. The number of carbonyl (C=O) groups excluding carboxylic acids is 4. The van der Waals surface area contributed by atoms with Crippen LogP contribution in [0.2, 0.25) is 0 Å². The molecule has 0 aromatic heterocycles. The molecule has 2 saturated carbocycles. The van der Waals surface area contributed by atoms with Crippen LogP contribution in [-0.2, 0) is 32.2 Å². The molecule has 3 N–H and O–H groups in total. The zero-order valence-corrected chi connectivity index (χ0v) is 26.2. The van der Waals surface area contributed by atoms with Gasteiger partial charge in [0.2, 0.25) is 17.7 Å². The Morgan fingerprint density at radius 2 is 1.96 bits per heavy atom. The first-order chi connectivity index (χ1) is 21.8. The Hall–Kier alpha value is -3.47. The number of fused-ring (bicyclic) bond motifs is 3. The second kappa shape index (κ2) is 13.5. The van der Waals surface area contributed by atoms with E-state index in [1.54, 1.807) is 17.0 Å². The Morgan fingerprint density at radius 1 is 1.11 bits per heavy atom. The fourth-order valence-corrected chi connectivity index (χ4v) is 7.17. The highest BCUT2D eigenvalue weighted by Gasteiger charge is 2.61. The predicted octanol–water partition coefficient (Wildman–Crippen LogP) is 3.68. The Morgan fingerprint density at radius 3 is 2.71 bits per heavy atom. The topological polar surface area (TPSA) is 120 Å². The van der Waals surface area contributed by atoms with Crippen molar-refractivity contribution in [2.75, 3.05) is 13.1 Å². The molecule has 45 heavy (non-hydrogen) atoms. The smallest absolute Gasteiger partial charge is 0.410 e. The second-order valence-corrected chi connectivity index (χ2v) is 13.4. The van der Waals surface area contributed by atoms with Crippen LogP contribution in [-0.4, -0.2) is 76.5 Å². The summed E-state index contributed by atoms with van der Waals surface area (Å²) in [4.78, 5) is 57.9. The average Bonchev–Trinajstić information content (AvgIpc) is 3.31. The monoisotopic (exact) mass is 623 g/mol. The van der Waals surface area contributed by atoms with Crippen molar-refractivity contribution < 1.29 is 28.3 Å². The second-order valence-electron chi connectivity index (χ2n) is 13.4. The minimum absolute atomic E-state index is 0.0824. The number of halogens is 1. The van der Waals surface area contributed by atoms with Crippen molar-refractivity contribution >= 4 is 23.8 Å². The van der Waals surface area contributed by atoms with Crippen molar-refractivity contribution in [3.05, 3.63) is 47.3 Å². The van der Waals surface area contributed by atoms with Crippen molar-refractivity contribution in [2.45, 2.75) is 120 Å². The van der Waals surface area contributed by atoms with Crippen LogP contribution in [0.3, 0.4) is 0 Å². The van der Waals surface area contributed by atoms with E-state index in [4.69, 9.17) is 4.74 Å². The van der Waals surface area contributed by atoms with Gasteiger partial charge in [-0.2, -0.15) is 0 Å². The zero-order valence-electron chi connectivity index (χ0n) is 26.2. The molecule has 1 aromatic rings. The van der Waals surface area contributed by atoms with Crippen LogP contribution in [0.4, 0.5) is 9.18 Å². The molecular weight excluding hydrogens is 577 g/mol. The highest BCUT2D eigenvalue weighted by atomic mass is 19.1. The molecule has 0 bridgehead atoms. The first kappa shape index (κ1) is 31.5. The fourth-order valence-electron chi connectivity index (χ4n) is 7.17. The van der Waals surface area contributed by atoms with Crippen LogP contribution in [0.5, 0.6) is 0 Å². The molecule has 244 valence electrons. The maximum atomic E-state index is 14.3. The van der Waals surface area contributed by atoms with E-state index in [1.807, 2.05) is 13.0 Å². The van der Waals surface area contributed by atoms with E-state index < -0.39 is 35.7 Å². The number of allylic oxidation sites excluding steroid dienone is 1. The average molecular weight is 624 g/mol. The molecule has 0 unspecified atom stereocenters. The van der Waals surface area contributed by atoms with Gasteiger partial charge in [0.1, 0.15) is 23.5 Å². The van der Waals surface area contributed by atoms with Crippen molar-refractivity contribution in [3.8, 4) is 0 Å². The third kappa shape index (κ3) is 6.73. The number of rotatable bonds is 6. The lowest BCUT2D eigenvalue weighted by Gasteiger charge is -2.34. The number of benzene rings is 1. The summed E-state index contributed by atoms with van der Waals surface area (Å²) in [5.41, 5.74) is 0.166. The number of nitrogens with one attached hydrogen (secondary N) is 3. The highest BCUT2D eigenvalue weighted by Crippen LogP contribution is 2.45. The van der Waals surface area contributed by atoms with Gasteiger partial charge in [0, 0.05) is 37.0 Å². The molecule has 10 nitrogen and oxygen atoms in total. The van der Waals surface area contributed by atoms with Gasteiger partial charge in [0.05, 0.1) is 19.1 Å². The van der Waals surface area contributed by atoms with E-state index in [1.165, 1.54) is 11.0 Å². The molecule has 3 fully saturated rings. The van der Waals surface area contributed by atoms with Crippen LogP contribution < -0.4 is 16.0 Å². The maximum absolute atomic E-state index is 14.3. The first-order valence-electron chi connectivity index (χ1n) is 16.8. The van der Waals surface area contributed by atoms with Gasteiger partial charge in [-0.15, -0.1) is 0 Å². The van der Waals surface area contributed by atoms with Gasteiger partial charge in [0.25, 0.3) is 0 Å². The van der Waals surface area contributed by atoms with E-state index in [-0.39, 0.29) is 55.6 Å². The molecule has 5 atom stereocenters. The van der Waals surface area contributed by atoms with Gasteiger partial charge >= 0.3 is 6.09 Å². The number of ether oxygens (including phenoxy) is 1. The summed E-state index contributed by atoms with van der Waals surface area (Å²) in [6.07, 6.45) is 11.8. The number of hydrogen-bond donors (Lipinski definition) is 3. The molecular formula is C34H46FN5O5. The molecule has 0 radical (unpaired) electrons. The van der Waals surface area contributed by atoms with Crippen molar-refractivity contribution in [1.82, 2.24) is 25.8 Å². The summed E-state index contributed by atoms with van der Waals surface area (Å²) in [6.45, 7) is 2.92. The Labute approximate surface area is 264 Å². The molecule has 1 aromatic carbocycles. The van der Waals surface area contributed by atoms with Crippen LogP contribution in [0, 0.1) is 11.7 Å². The van der Waals surface area contributed by atoms with Crippen molar-refractivity contribution in [2.24, 2.45) is 5.92 Å². The van der Waals surface area contributed by atoms with Gasteiger partial charge in [-0.25, -0.2) is 9.18 Å². The zero-order chi connectivity index (χ0) is 31.6. The molecule has 3 heterocycles. The van der Waals surface area contributed by atoms with E-state index in [9.17, 15) is 23.6 Å². The van der Waals surface area contributed by atoms with Crippen molar-refractivity contribution in [1.29, 1.82) is 0 Å². The maximum Gasteiger partial charge on any atom is 0.410 e. The van der Waals surface area contributed by atoms with Crippen LogP contribution in [0.15, 0.2) is 30.4 Å². The third-order valence-corrected chi connectivity index (χ3v) is 10.2. The van der Waals surface area contributed by atoms with Gasteiger partial charge in [0.15, 0.2) is 0 Å². The largest absolute Gasteiger partial charge is 0.444 e. The standard InChI is InChI=1S/C34H46FN5O5/c1-2-16-36-32(43)34-18-23(34)11-6-4-3-5-7-15-28(37-24-12-9-13-24)31(42)40-20-25(17-29(40)30(41)38-34)45-33(44)39-19-22-10-8-14-27(35)26(22)21-39/h6,8,10-11,14,23-25,28-29,37H,2-5,7,9,12-13,15-21H2,1H3,(H,36,43)(H,38,41)/t23-,25-,28+,29+,34-/m1/s1. The Kier molecular flexibility index (Phi) is 9.44. The first-order valence-corrected chi connectivity index (χ1v) is 16.8. The minimum atomic E-state index is -1.05. The predicted molar refractivity (Wildman–Crippen MR) is 165 cm³/mol. The molecule has 2 aliphatic carbocycles. The number of carbonyl (C=O) groups is 4. The molecule has 0 spiro atoms. The summed E-state index contributed by atoms with van der Waals surface area (Å²) in [5, 5.41) is 9.56. The normalized spacial score (nSPS) is 30.3. The highest BCUT2D eigenvalue weighted by molar-refractivity contribution is 5.98. The van der Waals surface area contributed by atoms with E-state index >= 15 is 0 Å². The van der Waals surface area contributed by atoms with Crippen LogP contribution in [0.25, 0.3) is 0 Å². The van der Waals surface area contributed by atoms with E-state index in [0.29, 0.717) is 24.9 Å². The van der Waals surface area contributed by atoms with Crippen LogP contribution in [0.1, 0.15) is 88.7 Å². The lowest BCUT2D eigenvalue weighted by atomic mass is 9.91. The lowest BCUT2D eigenvalue weighted by molar-refractivity contribution is -0.141. The van der Waals surface area contributed by atoms with E-state index in [2.05, 4.69) is 22.0 Å². The van der Waals surface area contributed by atoms with Crippen molar-refractivity contribution in [3.63, 3.8) is 0 Å². The van der Waals surface area contributed by atoms with E-state index in [0.717, 1.165) is 56.9 Å². The number of amides is 4. The summed E-state index contributed by atoms with van der Waals surface area (Å²) in [7, 11) is 0. The minimum Gasteiger partial charge on any atom is -0.444 e. The Bertz CT molecular complexity index is 1330. The molecule has 5 aliphatic rings.